The van der Waals surface area contributed by atoms with Gasteiger partial charge in [0.05, 0.1) is 18.8 Å². The summed E-state index contributed by atoms with van der Waals surface area (Å²) in [5.41, 5.74) is 1.47. The lowest BCUT2D eigenvalue weighted by atomic mass is 10.0. The Labute approximate surface area is 219 Å². The summed E-state index contributed by atoms with van der Waals surface area (Å²) >= 11 is 5.80. The number of carbonyl (C=O) groups is 2. The molecule has 1 amide bonds. The molecule has 7 heteroatoms. The molecule has 0 heterocycles. The van der Waals surface area contributed by atoms with Gasteiger partial charge >= 0.3 is 0 Å². The number of halogens is 2. The standard InChI is InChI=1S/C30H25ClFNO4/c31-23-13-16-26(27(32)18-23)30(35)33-28(20-36-19-22-7-3-1-4-8-22)29(34)17-21-11-14-25(15-12-21)37-24-9-5-2-6-10-24/h1-16,18,28H,17,19-20H2,(H,33,35). The van der Waals surface area contributed by atoms with Gasteiger partial charge in [0.1, 0.15) is 23.4 Å². The van der Waals surface area contributed by atoms with E-state index in [9.17, 15) is 14.0 Å². The second-order valence-electron chi connectivity index (χ2n) is 8.35. The lowest BCUT2D eigenvalue weighted by molar-refractivity contribution is -0.121. The third-order valence-corrected chi connectivity index (χ3v) is 5.78. The highest BCUT2D eigenvalue weighted by molar-refractivity contribution is 6.30. The molecule has 0 aliphatic rings. The number of benzene rings is 4. The van der Waals surface area contributed by atoms with Crippen molar-refractivity contribution in [3.8, 4) is 11.5 Å². The van der Waals surface area contributed by atoms with E-state index in [1.165, 1.54) is 12.1 Å². The average Bonchev–Trinajstić information content (AvgIpc) is 2.90. The maximum Gasteiger partial charge on any atom is 0.254 e. The van der Waals surface area contributed by atoms with Crippen molar-refractivity contribution in [2.45, 2.75) is 19.1 Å². The summed E-state index contributed by atoms with van der Waals surface area (Å²) in [7, 11) is 0. The summed E-state index contributed by atoms with van der Waals surface area (Å²) < 4.78 is 25.8. The first kappa shape index (κ1) is 26.1. The minimum Gasteiger partial charge on any atom is -0.457 e. The molecule has 0 aliphatic carbocycles. The number of para-hydroxylation sites is 1. The fourth-order valence-corrected chi connectivity index (χ4v) is 3.78. The molecule has 5 nitrogen and oxygen atoms in total. The van der Waals surface area contributed by atoms with E-state index in [0.717, 1.165) is 17.2 Å². The van der Waals surface area contributed by atoms with Crippen molar-refractivity contribution in [3.05, 3.63) is 131 Å². The predicted octanol–water partition coefficient (Wildman–Crippen LogP) is 6.40. The van der Waals surface area contributed by atoms with E-state index >= 15 is 0 Å². The van der Waals surface area contributed by atoms with Gasteiger partial charge in [-0.15, -0.1) is 0 Å². The number of Topliss-reactive ketones (excluding diaryl/α,β-unsaturated/α-hetero) is 1. The monoisotopic (exact) mass is 517 g/mol. The first-order valence-corrected chi connectivity index (χ1v) is 12.1. The normalized spacial score (nSPS) is 11.5. The number of hydrogen-bond acceptors (Lipinski definition) is 4. The van der Waals surface area contributed by atoms with Crippen molar-refractivity contribution < 1.29 is 23.5 Å². The Balaban J connectivity index is 1.43. The minimum atomic E-state index is -0.980. The van der Waals surface area contributed by atoms with Crippen LogP contribution >= 0.6 is 11.6 Å². The molecule has 1 atom stereocenters. The number of nitrogens with one attached hydrogen (secondary N) is 1. The van der Waals surface area contributed by atoms with Crippen LogP contribution in [0, 0.1) is 5.82 Å². The topological polar surface area (TPSA) is 64.6 Å². The smallest absolute Gasteiger partial charge is 0.254 e. The van der Waals surface area contributed by atoms with Crippen molar-refractivity contribution >= 4 is 23.3 Å². The van der Waals surface area contributed by atoms with E-state index in [0.29, 0.717) is 11.5 Å². The Morgan fingerprint density at radius 2 is 1.46 bits per heavy atom. The Hall–Kier alpha value is -4.00. The number of rotatable bonds is 11. The maximum absolute atomic E-state index is 14.3. The Morgan fingerprint density at radius 3 is 2.14 bits per heavy atom. The summed E-state index contributed by atoms with van der Waals surface area (Å²) in [6.07, 6.45) is 0.0500. The lowest BCUT2D eigenvalue weighted by Gasteiger charge is -2.19. The summed E-state index contributed by atoms with van der Waals surface area (Å²) in [5, 5.41) is 2.80. The van der Waals surface area contributed by atoms with Crippen LogP contribution in [0.4, 0.5) is 4.39 Å². The first-order valence-electron chi connectivity index (χ1n) is 11.7. The van der Waals surface area contributed by atoms with Crippen molar-refractivity contribution in [2.75, 3.05) is 6.61 Å². The summed E-state index contributed by atoms with van der Waals surface area (Å²) in [6, 6.07) is 28.7. The highest BCUT2D eigenvalue weighted by Gasteiger charge is 2.23. The van der Waals surface area contributed by atoms with Crippen LogP contribution in [-0.2, 0) is 22.6 Å². The second kappa shape index (κ2) is 12.8. The number of amides is 1. The van der Waals surface area contributed by atoms with Gasteiger partial charge in [-0.25, -0.2) is 4.39 Å². The van der Waals surface area contributed by atoms with Crippen LogP contribution in [0.5, 0.6) is 11.5 Å². The SMILES string of the molecule is O=C(NC(COCc1ccccc1)C(=O)Cc1ccc(Oc2ccccc2)cc1)c1ccc(Cl)cc1F. The third kappa shape index (κ3) is 7.74. The highest BCUT2D eigenvalue weighted by Crippen LogP contribution is 2.21. The quantitative estimate of drug-likeness (QED) is 0.250. The van der Waals surface area contributed by atoms with Crippen molar-refractivity contribution in [1.82, 2.24) is 5.32 Å². The summed E-state index contributed by atoms with van der Waals surface area (Å²) in [5.74, 6) is -0.416. The van der Waals surface area contributed by atoms with E-state index < -0.39 is 17.8 Å². The highest BCUT2D eigenvalue weighted by atomic mass is 35.5. The van der Waals surface area contributed by atoms with Gasteiger partial charge in [-0.2, -0.15) is 0 Å². The fourth-order valence-electron chi connectivity index (χ4n) is 3.62. The van der Waals surface area contributed by atoms with Crippen LogP contribution in [-0.4, -0.2) is 24.3 Å². The molecule has 37 heavy (non-hydrogen) atoms. The molecule has 188 valence electrons. The van der Waals surface area contributed by atoms with Crippen LogP contribution in [0.1, 0.15) is 21.5 Å². The zero-order valence-corrected chi connectivity index (χ0v) is 20.7. The molecule has 0 aliphatic heterocycles. The van der Waals surface area contributed by atoms with Crippen LogP contribution in [0.25, 0.3) is 0 Å². The molecular weight excluding hydrogens is 493 g/mol. The molecule has 0 bridgehead atoms. The van der Waals surface area contributed by atoms with E-state index in [1.54, 1.807) is 24.3 Å². The van der Waals surface area contributed by atoms with Crippen LogP contribution in [0.15, 0.2) is 103 Å². The molecule has 0 fully saturated rings. The number of carbonyl (C=O) groups excluding carboxylic acids is 2. The van der Waals surface area contributed by atoms with Crippen molar-refractivity contribution in [2.24, 2.45) is 0 Å². The largest absolute Gasteiger partial charge is 0.457 e. The van der Waals surface area contributed by atoms with Gasteiger partial charge in [0.2, 0.25) is 0 Å². The van der Waals surface area contributed by atoms with E-state index in [4.69, 9.17) is 21.1 Å². The number of ether oxygens (including phenoxy) is 2. The molecule has 1 unspecified atom stereocenters. The zero-order valence-electron chi connectivity index (χ0n) is 19.9. The molecule has 4 aromatic carbocycles. The van der Waals surface area contributed by atoms with E-state index in [-0.39, 0.29) is 36.0 Å². The zero-order chi connectivity index (χ0) is 26.0. The molecular formula is C30H25ClFNO4. The first-order chi connectivity index (χ1) is 18.0. The number of hydrogen-bond donors (Lipinski definition) is 1. The number of ketones is 1. The molecule has 1 N–H and O–H groups in total. The van der Waals surface area contributed by atoms with Gasteiger partial charge in [-0.3, -0.25) is 9.59 Å². The molecule has 0 radical (unpaired) electrons. The molecule has 0 aromatic heterocycles. The molecule has 0 saturated carbocycles. The molecule has 0 saturated heterocycles. The van der Waals surface area contributed by atoms with Crippen LogP contribution in [0.2, 0.25) is 5.02 Å². The average molecular weight is 518 g/mol. The lowest BCUT2D eigenvalue weighted by Crippen LogP contribution is -2.45. The van der Waals surface area contributed by atoms with E-state index in [1.807, 2.05) is 60.7 Å². The maximum atomic E-state index is 14.3. The summed E-state index contributed by atoms with van der Waals surface area (Å²) in [6.45, 7) is 0.200. The molecule has 4 aromatic rings. The second-order valence-corrected chi connectivity index (χ2v) is 8.79. The van der Waals surface area contributed by atoms with Gasteiger partial charge in [0.15, 0.2) is 5.78 Å². The van der Waals surface area contributed by atoms with Crippen LogP contribution in [0.3, 0.4) is 0 Å². The van der Waals surface area contributed by atoms with Crippen molar-refractivity contribution in [1.29, 1.82) is 0 Å². The van der Waals surface area contributed by atoms with Gasteiger partial charge in [-0.05, 0) is 53.6 Å². The molecule has 4 rings (SSSR count). The third-order valence-electron chi connectivity index (χ3n) is 5.55. The Kier molecular flexibility index (Phi) is 9.03. The van der Waals surface area contributed by atoms with E-state index in [2.05, 4.69) is 5.32 Å². The van der Waals surface area contributed by atoms with Gasteiger partial charge in [0.25, 0.3) is 5.91 Å². The molecule has 0 spiro atoms. The van der Waals surface area contributed by atoms with Gasteiger partial charge in [0, 0.05) is 11.4 Å². The van der Waals surface area contributed by atoms with Gasteiger partial charge in [-0.1, -0.05) is 72.3 Å². The predicted molar refractivity (Wildman–Crippen MR) is 140 cm³/mol. The summed E-state index contributed by atoms with van der Waals surface area (Å²) in [4.78, 5) is 26.0. The van der Waals surface area contributed by atoms with Crippen molar-refractivity contribution in [3.63, 3.8) is 0 Å². The van der Waals surface area contributed by atoms with Crippen LogP contribution < -0.4 is 10.1 Å². The van der Waals surface area contributed by atoms with Gasteiger partial charge < -0.3 is 14.8 Å². The Morgan fingerprint density at radius 1 is 0.811 bits per heavy atom. The fraction of sp³-hybridized carbons (Fsp3) is 0.133. The minimum absolute atomic E-state index is 0.0500. The Bertz CT molecular complexity index is 1330.